The molecule has 0 aliphatic rings. The van der Waals surface area contributed by atoms with E-state index >= 15 is 0 Å². The van der Waals surface area contributed by atoms with Crippen LogP contribution in [0.2, 0.25) is 0 Å². The minimum Gasteiger partial charge on any atom is -0.425 e. The van der Waals surface area contributed by atoms with Gasteiger partial charge in [0.1, 0.15) is 11.5 Å². The van der Waals surface area contributed by atoms with Crippen molar-refractivity contribution >= 4 is 33.5 Å². The van der Waals surface area contributed by atoms with E-state index in [0.29, 0.717) is 24.3 Å². The van der Waals surface area contributed by atoms with Crippen molar-refractivity contribution in [1.82, 2.24) is 0 Å². The van der Waals surface area contributed by atoms with Gasteiger partial charge in [0.2, 0.25) is 0 Å². The van der Waals surface area contributed by atoms with Gasteiger partial charge in [0, 0.05) is 34.4 Å². The lowest BCUT2D eigenvalue weighted by Crippen LogP contribution is -2.10. The van der Waals surface area contributed by atoms with Gasteiger partial charge in [0.15, 0.2) is 0 Å². The van der Waals surface area contributed by atoms with E-state index < -0.39 is 0 Å². The predicted molar refractivity (Wildman–Crippen MR) is 176 cm³/mol. The third kappa shape index (κ3) is 11.4. The largest absolute Gasteiger partial charge is 0.425 e. The molecule has 0 amide bonds. The number of unbranched alkanes of at least 4 members (excludes halogenated alkanes) is 16. The van der Waals surface area contributed by atoms with Crippen LogP contribution in [0.3, 0.4) is 0 Å². The molecule has 4 nitrogen and oxygen atoms in total. The molecule has 0 saturated heterocycles. The summed E-state index contributed by atoms with van der Waals surface area (Å²) in [6.07, 6.45) is 22.6. The van der Waals surface area contributed by atoms with Crippen molar-refractivity contribution in [1.29, 1.82) is 0 Å². The van der Waals surface area contributed by atoms with E-state index in [0.717, 1.165) is 47.2 Å². The Hall–Kier alpha value is -2.88. The number of esters is 2. The van der Waals surface area contributed by atoms with Crippen LogP contribution in [0.1, 0.15) is 142 Å². The Morgan fingerprint density at radius 1 is 0.429 bits per heavy atom. The highest BCUT2D eigenvalue weighted by Gasteiger charge is 2.19. The fraction of sp³-hybridized carbons (Fsp3) is 0.579. The number of carbonyl (C=O) groups excluding carboxylic acids is 2. The van der Waals surface area contributed by atoms with Crippen molar-refractivity contribution in [3.8, 4) is 11.5 Å². The Morgan fingerprint density at radius 3 is 0.976 bits per heavy atom. The standard InChI is InChI=1S/C38H54O4/c1-3-5-7-9-11-13-15-17-19-29-35(39)41-37-31-25-21-23-27-33(31)38(34-28-24-22-26-32(34)37)42-36(40)30-20-18-16-14-12-10-8-6-4-2/h21-28H,3-20,29-30H2,1-2H3. The maximum absolute atomic E-state index is 12.9. The highest BCUT2D eigenvalue weighted by molar-refractivity contribution is 6.12. The minimum absolute atomic E-state index is 0.205. The summed E-state index contributed by atoms with van der Waals surface area (Å²) in [5, 5.41) is 3.18. The Balaban J connectivity index is 1.57. The molecule has 0 heterocycles. The van der Waals surface area contributed by atoms with Crippen molar-refractivity contribution in [3.05, 3.63) is 48.5 Å². The zero-order valence-electron chi connectivity index (χ0n) is 26.4. The molecule has 0 saturated carbocycles. The van der Waals surface area contributed by atoms with Crippen molar-refractivity contribution in [2.75, 3.05) is 0 Å². The minimum atomic E-state index is -0.205. The molecule has 0 aliphatic heterocycles. The average Bonchev–Trinajstić information content (AvgIpc) is 3.01. The van der Waals surface area contributed by atoms with E-state index in [4.69, 9.17) is 9.47 Å². The highest BCUT2D eigenvalue weighted by atomic mass is 16.5. The van der Waals surface area contributed by atoms with Crippen LogP contribution in [0.4, 0.5) is 0 Å². The quantitative estimate of drug-likeness (QED) is 0.0518. The molecule has 0 unspecified atom stereocenters. The monoisotopic (exact) mass is 574 g/mol. The summed E-state index contributed by atoms with van der Waals surface area (Å²) >= 11 is 0. The van der Waals surface area contributed by atoms with E-state index in [1.54, 1.807) is 0 Å². The Labute approximate surface area is 254 Å². The number of fused-ring (bicyclic) bond motifs is 2. The summed E-state index contributed by atoms with van der Waals surface area (Å²) in [6, 6.07) is 15.5. The van der Waals surface area contributed by atoms with Crippen LogP contribution < -0.4 is 9.47 Å². The van der Waals surface area contributed by atoms with Crippen LogP contribution >= 0.6 is 0 Å². The zero-order chi connectivity index (χ0) is 29.8. The SMILES string of the molecule is CCCCCCCCCCCC(=O)Oc1c2ccccc2c(OC(=O)CCCCCCCCCCC)c2ccccc12. The first-order valence-electron chi connectivity index (χ1n) is 17.0. The predicted octanol–water partition coefficient (Wildman–Crippen LogP) is 11.6. The van der Waals surface area contributed by atoms with Gasteiger partial charge in [-0.15, -0.1) is 0 Å². The molecule has 0 radical (unpaired) electrons. The molecule has 4 heteroatoms. The number of hydrogen-bond donors (Lipinski definition) is 0. The van der Waals surface area contributed by atoms with Gasteiger partial charge in [-0.2, -0.15) is 0 Å². The summed E-state index contributed by atoms with van der Waals surface area (Å²) < 4.78 is 12.1. The lowest BCUT2D eigenvalue weighted by Gasteiger charge is -2.16. The van der Waals surface area contributed by atoms with Gasteiger partial charge in [-0.1, -0.05) is 165 Å². The summed E-state index contributed by atoms with van der Waals surface area (Å²) in [5.41, 5.74) is 0. The maximum atomic E-state index is 12.9. The molecule has 0 bridgehead atoms. The lowest BCUT2D eigenvalue weighted by molar-refractivity contribution is -0.135. The van der Waals surface area contributed by atoms with Crippen LogP contribution in [0, 0.1) is 0 Å². The first-order chi connectivity index (χ1) is 20.7. The van der Waals surface area contributed by atoms with E-state index in [1.165, 1.54) is 89.9 Å². The van der Waals surface area contributed by atoms with E-state index in [2.05, 4.69) is 13.8 Å². The third-order valence-electron chi connectivity index (χ3n) is 8.23. The van der Waals surface area contributed by atoms with Gasteiger partial charge in [0.05, 0.1) is 0 Å². The topological polar surface area (TPSA) is 52.6 Å². The van der Waals surface area contributed by atoms with Gasteiger partial charge in [-0.25, -0.2) is 0 Å². The smallest absolute Gasteiger partial charge is 0.311 e. The second kappa shape index (κ2) is 20.1. The number of benzene rings is 3. The molecule has 0 aromatic heterocycles. The summed E-state index contributed by atoms with van der Waals surface area (Å²) in [4.78, 5) is 25.8. The zero-order valence-corrected chi connectivity index (χ0v) is 26.4. The van der Waals surface area contributed by atoms with Crippen molar-refractivity contribution in [3.63, 3.8) is 0 Å². The summed E-state index contributed by atoms with van der Waals surface area (Å²) in [6.45, 7) is 4.49. The van der Waals surface area contributed by atoms with E-state index in [1.807, 2.05) is 48.5 Å². The van der Waals surface area contributed by atoms with E-state index in [-0.39, 0.29) is 11.9 Å². The second-order valence-corrected chi connectivity index (χ2v) is 11.9. The Morgan fingerprint density at radius 2 is 0.690 bits per heavy atom. The fourth-order valence-electron chi connectivity index (χ4n) is 5.76. The first-order valence-corrected chi connectivity index (χ1v) is 17.0. The second-order valence-electron chi connectivity index (χ2n) is 11.9. The Kier molecular flexibility index (Phi) is 16.1. The molecule has 0 N–H and O–H groups in total. The normalized spacial score (nSPS) is 11.3. The van der Waals surface area contributed by atoms with E-state index in [9.17, 15) is 9.59 Å². The Bertz CT molecular complexity index is 1060. The number of rotatable bonds is 22. The van der Waals surface area contributed by atoms with Crippen LogP contribution in [0.25, 0.3) is 21.5 Å². The molecule has 3 rings (SSSR count). The molecular weight excluding hydrogens is 520 g/mol. The molecule has 0 spiro atoms. The number of ether oxygens (including phenoxy) is 2. The van der Waals surface area contributed by atoms with Crippen molar-refractivity contribution in [2.24, 2.45) is 0 Å². The van der Waals surface area contributed by atoms with Gasteiger partial charge in [-0.3, -0.25) is 9.59 Å². The summed E-state index contributed by atoms with van der Waals surface area (Å²) in [7, 11) is 0. The van der Waals surface area contributed by atoms with Crippen LogP contribution in [-0.4, -0.2) is 11.9 Å². The molecule has 3 aromatic carbocycles. The van der Waals surface area contributed by atoms with Gasteiger partial charge in [0.25, 0.3) is 0 Å². The highest BCUT2D eigenvalue weighted by Crippen LogP contribution is 2.43. The van der Waals surface area contributed by atoms with Crippen LogP contribution in [0.15, 0.2) is 48.5 Å². The lowest BCUT2D eigenvalue weighted by atomic mass is 10.0. The summed E-state index contributed by atoms with van der Waals surface area (Å²) in [5.74, 6) is 0.702. The molecule has 3 aromatic rings. The number of hydrogen-bond acceptors (Lipinski definition) is 4. The van der Waals surface area contributed by atoms with Gasteiger partial charge >= 0.3 is 11.9 Å². The van der Waals surface area contributed by atoms with Gasteiger partial charge in [-0.05, 0) is 12.8 Å². The number of carbonyl (C=O) groups is 2. The molecule has 230 valence electrons. The maximum Gasteiger partial charge on any atom is 0.311 e. The van der Waals surface area contributed by atoms with Gasteiger partial charge < -0.3 is 9.47 Å². The van der Waals surface area contributed by atoms with Crippen LogP contribution in [0.5, 0.6) is 11.5 Å². The molecular formula is C38H54O4. The molecule has 0 fully saturated rings. The third-order valence-corrected chi connectivity index (χ3v) is 8.23. The molecule has 42 heavy (non-hydrogen) atoms. The average molecular weight is 575 g/mol. The van der Waals surface area contributed by atoms with Crippen molar-refractivity contribution < 1.29 is 19.1 Å². The molecule has 0 aliphatic carbocycles. The van der Waals surface area contributed by atoms with Crippen LogP contribution in [-0.2, 0) is 9.59 Å². The molecule has 0 atom stereocenters. The first kappa shape index (κ1) is 33.6. The van der Waals surface area contributed by atoms with Crippen molar-refractivity contribution in [2.45, 2.75) is 142 Å². The fourth-order valence-corrected chi connectivity index (χ4v) is 5.76.